The van der Waals surface area contributed by atoms with E-state index in [2.05, 4.69) is 15.3 Å². The Morgan fingerprint density at radius 3 is 2.84 bits per heavy atom. The first-order valence-electron chi connectivity index (χ1n) is 10.6. The molecule has 0 spiro atoms. The third kappa shape index (κ3) is 4.64. The second-order valence-electron chi connectivity index (χ2n) is 8.66. The number of aliphatic hydroxyl groups is 1. The van der Waals surface area contributed by atoms with Crippen molar-refractivity contribution in [1.29, 1.82) is 0 Å². The number of piperidine rings is 1. The molecule has 0 unspecified atom stereocenters. The van der Waals surface area contributed by atoms with Gasteiger partial charge in [-0.1, -0.05) is 25.4 Å². The summed E-state index contributed by atoms with van der Waals surface area (Å²) in [4.78, 5) is 28.0. The number of rotatable bonds is 6. The molecule has 1 fully saturated rings. The van der Waals surface area contributed by atoms with E-state index in [1.807, 2.05) is 30.4 Å². The number of thiophene rings is 1. The molecule has 1 aliphatic heterocycles. The molecule has 1 amide bonds. The molecule has 0 bridgehead atoms. The number of carbonyl (C=O) groups excluding carboxylic acids is 1. The minimum absolute atomic E-state index is 0.00443. The number of nitrogens with zero attached hydrogens (tertiary/aromatic N) is 4. The zero-order valence-electron chi connectivity index (χ0n) is 18.0. The second kappa shape index (κ2) is 8.90. The Balaban J connectivity index is 1.57. The number of hydrogen-bond acceptors (Lipinski definition) is 6. The van der Waals surface area contributed by atoms with Crippen molar-refractivity contribution in [3.63, 3.8) is 0 Å². The quantitative estimate of drug-likeness (QED) is 0.583. The topological polar surface area (TPSA) is 91.9 Å². The minimum Gasteiger partial charge on any atom is -0.392 e. The summed E-state index contributed by atoms with van der Waals surface area (Å²) in [5, 5.41) is 17.2. The largest absolute Gasteiger partial charge is 0.392 e. The van der Waals surface area contributed by atoms with E-state index in [1.54, 1.807) is 6.92 Å². The molecular formula is C21H28ClN5O3S. The van der Waals surface area contributed by atoms with Gasteiger partial charge < -0.3 is 10.4 Å². The molecule has 2 N–H and O–H groups in total. The van der Waals surface area contributed by atoms with Crippen molar-refractivity contribution in [2.24, 2.45) is 0 Å². The van der Waals surface area contributed by atoms with Crippen LogP contribution in [0.5, 0.6) is 0 Å². The van der Waals surface area contributed by atoms with Gasteiger partial charge in [-0.2, -0.15) is 5.10 Å². The zero-order valence-corrected chi connectivity index (χ0v) is 19.5. The lowest BCUT2D eigenvalue weighted by molar-refractivity contribution is -0.123. The first-order chi connectivity index (χ1) is 14.7. The maximum atomic E-state index is 13.1. The van der Waals surface area contributed by atoms with Crippen LogP contribution in [0.2, 0.25) is 4.34 Å². The van der Waals surface area contributed by atoms with Crippen molar-refractivity contribution in [3.05, 3.63) is 32.6 Å². The van der Waals surface area contributed by atoms with Crippen LogP contribution in [-0.2, 0) is 11.3 Å². The third-order valence-corrected chi connectivity index (χ3v) is 6.77. The molecule has 0 saturated carbocycles. The fourth-order valence-electron chi connectivity index (χ4n) is 4.32. The molecule has 31 heavy (non-hydrogen) atoms. The first kappa shape index (κ1) is 22.3. The highest BCUT2D eigenvalue weighted by atomic mass is 35.5. The Morgan fingerprint density at radius 2 is 2.13 bits per heavy atom. The average molecular weight is 466 g/mol. The van der Waals surface area contributed by atoms with E-state index in [0.29, 0.717) is 28.8 Å². The number of halogens is 1. The number of likely N-dealkylation sites (tertiary alicyclic amines) is 1. The van der Waals surface area contributed by atoms with Gasteiger partial charge in [0.15, 0.2) is 0 Å². The van der Waals surface area contributed by atoms with E-state index in [0.717, 1.165) is 29.6 Å². The van der Waals surface area contributed by atoms with Crippen LogP contribution in [0, 0.1) is 0 Å². The molecule has 0 aliphatic carbocycles. The zero-order chi connectivity index (χ0) is 22.3. The predicted molar refractivity (Wildman–Crippen MR) is 123 cm³/mol. The smallest absolute Gasteiger partial charge is 0.291 e. The van der Waals surface area contributed by atoms with E-state index in [1.165, 1.54) is 16.0 Å². The van der Waals surface area contributed by atoms with Crippen molar-refractivity contribution in [2.75, 3.05) is 19.6 Å². The van der Waals surface area contributed by atoms with Crippen LogP contribution in [0.3, 0.4) is 0 Å². The number of amides is 1. The van der Waals surface area contributed by atoms with Crippen LogP contribution in [-0.4, -0.2) is 61.9 Å². The number of fused-ring (bicyclic) bond motifs is 3. The maximum absolute atomic E-state index is 13.1. The molecule has 1 saturated heterocycles. The molecule has 8 nitrogen and oxygen atoms in total. The number of carbonyl (C=O) groups is 1. The van der Waals surface area contributed by atoms with Gasteiger partial charge >= 0.3 is 0 Å². The molecule has 1 aliphatic rings. The monoisotopic (exact) mass is 465 g/mol. The number of hydrogen-bond donors (Lipinski definition) is 2. The number of nitrogens with one attached hydrogen (secondary N) is 1. The summed E-state index contributed by atoms with van der Waals surface area (Å²) in [5.41, 5.74) is 1.08. The molecule has 3 aromatic heterocycles. The summed E-state index contributed by atoms with van der Waals surface area (Å²) in [7, 11) is 0. The Labute approximate surface area is 189 Å². The van der Waals surface area contributed by atoms with Gasteiger partial charge in [0.25, 0.3) is 5.56 Å². The fourth-order valence-corrected chi connectivity index (χ4v) is 5.47. The Morgan fingerprint density at radius 1 is 1.35 bits per heavy atom. The van der Waals surface area contributed by atoms with Gasteiger partial charge in [-0.3, -0.25) is 18.9 Å². The van der Waals surface area contributed by atoms with E-state index in [-0.39, 0.29) is 30.0 Å². The summed E-state index contributed by atoms with van der Waals surface area (Å²) in [5.74, 6) is 0.542. The summed E-state index contributed by atoms with van der Waals surface area (Å²) >= 11 is 7.58. The highest BCUT2D eigenvalue weighted by Gasteiger charge is 2.23. The highest BCUT2D eigenvalue weighted by Crippen LogP contribution is 2.32. The normalized spacial score (nSPS) is 18.8. The van der Waals surface area contributed by atoms with Crippen molar-refractivity contribution < 1.29 is 9.90 Å². The van der Waals surface area contributed by atoms with Crippen LogP contribution in [0.4, 0.5) is 0 Å². The van der Waals surface area contributed by atoms with Crippen LogP contribution in [0.1, 0.15) is 45.4 Å². The average Bonchev–Trinajstić information content (AvgIpc) is 3.20. The van der Waals surface area contributed by atoms with Gasteiger partial charge in [-0.25, -0.2) is 4.68 Å². The van der Waals surface area contributed by atoms with E-state index in [9.17, 15) is 14.7 Å². The summed E-state index contributed by atoms with van der Waals surface area (Å²) < 4.78 is 4.71. The molecule has 0 radical (unpaired) electrons. The van der Waals surface area contributed by atoms with Gasteiger partial charge in [0, 0.05) is 25.0 Å². The maximum Gasteiger partial charge on any atom is 0.291 e. The Hall–Kier alpha value is -1.94. The van der Waals surface area contributed by atoms with Crippen LogP contribution in [0.25, 0.3) is 15.7 Å². The predicted octanol–water partition coefficient (Wildman–Crippen LogP) is 2.45. The van der Waals surface area contributed by atoms with Crippen LogP contribution >= 0.6 is 22.9 Å². The number of aromatic nitrogens is 3. The lowest BCUT2D eigenvalue weighted by Crippen LogP contribution is -2.50. The van der Waals surface area contributed by atoms with Crippen molar-refractivity contribution in [2.45, 2.75) is 58.2 Å². The van der Waals surface area contributed by atoms with Gasteiger partial charge in [0.1, 0.15) is 17.9 Å². The molecule has 4 heterocycles. The van der Waals surface area contributed by atoms with Crippen LogP contribution in [0.15, 0.2) is 16.9 Å². The molecule has 2 atom stereocenters. The second-order valence-corrected chi connectivity index (χ2v) is 10.4. The summed E-state index contributed by atoms with van der Waals surface area (Å²) in [6.07, 6.45) is 1.45. The van der Waals surface area contributed by atoms with Crippen molar-refractivity contribution >= 4 is 44.6 Å². The highest BCUT2D eigenvalue weighted by molar-refractivity contribution is 7.22. The van der Waals surface area contributed by atoms with Gasteiger partial charge in [0.2, 0.25) is 5.91 Å². The van der Waals surface area contributed by atoms with Crippen molar-refractivity contribution in [1.82, 2.24) is 24.4 Å². The van der Waals surface area contributed by atoms with Gasteiger partial charge in [-0.15, -0.1) is 11.3 Å². The Bertz CT molecular complexity index is 1170. The number of β-amino-alcohol motifs (C(OH)–C–C–N with tert-alkyl or cyclic N) is 1. The molecular weight excluding hydrogens is 438 g/mol. The Kier molecular flexibility index (Phi) is 6.39. The minimum atomic E-state index is -0.398. The van der Waals surface area contributed by atoms with Crippen LogP contribution < -0.4 is 10.9 Å². The molecule has 168 valence electrons. The van der Waals surface area contributed by atoms with Gasteiger partial charge in [0.05, 0.1) is 20.7 Å². The fraction of sp³-hybridized carbons (Fsp3) is 0.571. The molecule has 4 rings (SSSR count). The third-order valence-electron chi connectivity index (χ3n) is 5.57. The first-order valence-corrected chi connectivity index (χ1v) is 11.8. The standard InChI is InChI=1S/C21H28ClN5O3S/c1-12(2)20-24-26(21(30)16-7-17-15(27(16)20)8-18(22)31-17)11-19(29)23-14-5-4-6-25(10-14)9-13(3)28/h7-8,12-14,28H,4-6,9-11H2,1-3H3,(H,23,29)/t13-,14-/m1/s1. The summed E-state index contributed by atoms with van der Waals surface area (Å²) in [6, 6.07) is 3.68. The van der Waals surface area contributed by atoms with Gasteiger partial charge in [-0.05, 0) is 38.4 Å². The molecule has 3 aromatic rings. The van der Waals surface area contributed by atoms with E-state index in [4.69, 9.17) is 11.6 Å². The molecule has 10 heteroatoms. The van der Waals surface area contributed by atoms with E-state index < -0.39 is 6.10 Å². The SMILES string of the molecule is CC(C)c1nn(CC(=O)N[C@@H]2CCCN(C[C@@H](C)O)C2)c(=O)c2cc3sc(Cl)cc3n12. The lowest BCUT2D eigenvalue weighted by Gasteiger charge is -2.33. The molecule has 0 aromatic carbocycles. The van der Waals surface area contributed by atoms with Crippen molar-refractivity contribution in [3.8, 4) is 0 Å². The lowest BCUT2D eigenvalue weighted by atomic mass is 10.1. The summed E-state index contributed by atoms with van der Waals surface area (Å²) in [6.45, 7) is 7.87. The number of aliphatic hydroxyl groups excluding tert-OH is 1. The van der Waals surface area contributed by atoms with E-state index >= 15 is 0 Å².